The first kappa shape index (κ1) is 28.9. The molecule has 1 N–H and O–H groups in total. The van der Waals surface area contributed by atoms with Crippen LogP contribution >= 0.6 is 15.9 Å². The lowest BCUT2D eigenvalue weighted by Gasteiger charge is -2.33. The number of carbonyl (C=O) groups excluding carboxylic acids is 2. The van der Waals surface area contributed by atoms with Crippen LogP contribution in [0.2, 0.25) is 0 Å². The van der Waals surface area contributed by atoms with Gasteiger partial charge in [-0.1, -0.05) is 92.4 Å². The van der Waals surface area contributed by atoms with Gasteiger partial charge in [-0.25, -0.2) is 0 Å². The van der Waals surface area contributed by atoms with Crippen molar-refractivity contribution in [1.82, 2.24) is 10.2 Å². The maximum atomic E-state index is 13.9. The molecule has 1 fully saturated rings. The summed E-state index contributed by atoms with van der Waals surface area (Å²) in [4.78, 5) is 29.4. The number of benzene rings is 3. The third-order valence-electron chi connectivity index (χ3n) is 7.41. The van der Waals surface area contributed by atoms with Gasteiger partial charge in [-0.05, 0) is 70.9 Å². The molecule has 1 aliphatic rings. The van der Waals surface area contributed by atoms with Crippen LogP contribution in [0.1, 0.15) is 61.3 Å². The minimum absolute atomic E-state index is 0.0970. The standard InChI is InChI=1S/C33H39BrN2O3/c1-3-25-17-18-31(29(34)20-25)39-23-32(37)36(22-27-14-10-11-24(2)19-27)30(21-26-12-6-4-7-13-26)33(38)35-28-15-8-5-9-16-28/h4,6-7,10-14,17-20,28,30H,3,5,8-9,15-16,21-23H2,1-2H3,(H,35,38)/t30-/m0/s1. The number of nitrogens with one attached hydrogen (secondary N) is 1. The summed E-state index contributed by atoms with van der Waals surface area (Å²) < 4.78 is 6.82. The lowest BCUT2D eigenvalue weighted by atomic mass is 9.94. The highest BCUT2D eigenvalue weighted by molar-refractivity contribution is 9.10. The Balaban J connectivity index is 1.61. The van der Waals surface area contributed by atoms with Gasteiger partial charge in [-0.3, -0.25) is 9.59 Å². The summed E-state index contributed by atoms with van der Waals surface area (Å²) in [5, 5.41) is 3.29. The van der Waals surface area contributed by atoms with E-state index in [9.17, 15) is 9.59 Å². The highest BCUT2D eigenvalue weighted by Crippen LogP contribution is 2.27. The van der Waals surface area contributed by atoms with Crippen molar-refractivity contribution in [3.63, 3.8) is 0 Å². The molecule has 0 aromatic heterocycles. The van der Waals surface area contributed by atoms with Gasteiger partial charge >= 0.3 is 0 Å². The zero-order valence-corrected chi connectivity index (χ0v) is 24.6. The number of rotatable bonds is 11. The molecule has 1 atom stereocenters. The number of amides is 2. The van der Waals surface area contributed by atoms with Crippen LogP contribution in [0.25, 0.3) is 0 Å². The van der Waals surface area contributed by atoms with E-state index in [0.717, 1.165) is 53.3 Å². The Bertz CT molecular complexity index is 1240. The van der Waals surface area contributed by atoms with Gasteiger partial charge in [0.15, 0.2) is 6.61 Å². The summed E-state index contributed by atoms with van der Waals surface area (Å²) in [5.41, 5.74) is 4.30. The molecule has 3 aromatic carbocycles. The fraction of sp³-hybridized carbons (Fsp3) is 0.394. The van der Waals surface area contributed by atoms with Gasteiger partial charge in [0.05, 0.1) is 4.47 Å². The molecule has 1 aliphatic carbocycles. The number of aryl methyl sites for hydroxylation is 2. The van der Waals surface area contributed by atoms with E-state index < -0.39 is 6.04 Å². The quantitative estimate of drug-likeness (QED) is 0.267. The van der Waals surface area contributed by atoms with Crippen molar-refractivity contribution in [2.45, 2.75) is 77.4 Å². The third kappa shape index (κ3) is 8.43. The van der Waals surface area contributed by atoms with Gasteiger partial charge in [0.1, 0.15) is 11.8 Å². The van der Waals surface area contributed by atoms with Crippen molar-refractivity contribution >= 4 is 27.7 Å². The van der Waals surface area contributed by atoms with Crippen LogP contribution in [0.3, 0.4) is 0 Å². The van der Waals surface area contributed by atoms with Gasteiger partial charge < -0.3 is 15.0 Å². The van der Waals surface area contributed by atoms with Crippen molar-refractivity contribution in [1.29, 1.82) is 0 Å². The SMILES string of the molecule is CCc1ccc(OCC(=O)N(Cc2cccc(C)c2)[C@@H](Cc2ccccc2)C(=O)NC2CCCCC2)c(Br)c1. The number of hydrogen-bond donors (Lipinski definition) is 1. The molecule has 0 unspecified atom stereocenters. The average molecular weight is 592 g/mol. The largest absolute Gasteiger partial charge is 0.483 e. The van der Waals surface area contributed by atoms with Gasteiger partial charge in [0.2, 0.25) is 5.91 Å². The molecule has 2 amide bonds. The summed E-state index contributed by atoms with van der Waals surface area (Å²) >= 11 is 3.57. The smallest absolute Gasteiger partial charge is 0.261 e. The monoisotopic (exact) mass is 590 g/mol. The first-order chi connectivity index (χ1) is 18.9. The minimum atomic E-state index is -0.656. The van der Waals surface area contributed by atoms with E-state index in [1.807, 2.05) is 73.7 Å². The van der Waals surface area contributed by atoms with E-state index in [1.54, 1.807) is 4.90 Å². The van der Waals surface area contributed by atoms with Gasteiger partial charge in [0.25, 0.3) is 5.91 Å². The lowest BCUT2D eigenvalue weighted by Crippen LogP contribution is -2.53. The average Bonchev–Trinajstić information content (AvgIpc) is 2.95. The van der Waals surface area contributed by atoms with E-state index in [1.165, 1.54) is 12.0 Å². The molecular formula is C33H39BrN2O3. The molecule has 1 saturated carbocycles. The van der Waals surface area contributed by atoms with E-state index in [-0.39, 0.29) is 24.5 Å². The zero-order valence-electron chi connectivity index (χ0n) is 23.0. The summed E-state index contributed by atoms with van der Waals surface area (Å²) in [6, 6.07) is 23.4. The fourth-order valence-electron chi connectivity index (χ4n) is 5.21. The van der Waals surface area contributed by atoms with Crippen LogP contribution in [0.15, 0.2) is 77.3 Å². The molecule has 0 radical (unpaired) electrons. The van der Waals surface area contributed by atoms with Crippen LogP contribution < -0.4 is 10.1 Å². The lowest BCUT2D eigenvalue weighted by molar-refractivity contribution is -0.143. The van der Waals surface area contributed by atoms with E-state index in [2.05, 4.69) is 34.2 Å². The Morgan fingerprint density at radius 2 is 1.69 bits per heavy atom. The third-order valence-corrected chi connectivity index (χ3v) is 8.03. The maximum Gasteiger partial charge on any atom is 0.261 e. The maximum absolute atomic E-state index is 13.9. The topological polar surface area (TPSA) is 58.6 Å². The summed E-state index contributed by atoms with van der Waals surface area (Å²) in [5.74, 6) is 0.297. The summed E-state index contributed by atoms with van der Waals surface area (Å²) in [6.45, 7) is 4.31. The number of carbonyl (C=O) groups is 2. The molecule has 39 heavy (non-hydrogen) atoms. The van der Waals surface area contributed by atoms with Crippen LogP contribution in [-0.4, -0.2) is 35.4 Å². The first-order valence-electron chi connectivity index (χ1n) is 14.0. The van der Waals surface area contributed by atoms with Crippen LogP contribution in [0, 0.1) is 6.92 Å². The Kier molecular flexibility index (Phi) is 10.6. The number of nitrogens with zero attached hydrogens (tertiary/aromatic N) is 1. The molecule has 0 saturated heterocycles. The second-order valence-electron chi connectivity index (χ2n) is 10.5. The molecule has 6 heteroatoms. The molecule has 0 spiro atoms. The van der Waals surface area contributed by atoms with Crippen LogP contribution in [0.5, 0.6) is 5.75 Å². The van der Waals surface area contributed by atoms with E-state index in [4.69, 9.17) is 4.74 Å². The van der Waals surface area contributed by atoms with Gasteiger partial charge in [0, 0.05) is 19.0 Å². The normalized spacial score (nSPS) is 14.4. The number of ether oxygens (including phenoxy) is 1. The zero-order chi connectivity index (χ0) is 27.6. The second-order valence-corrected chi connectivity index (χ2v) is 11.3. The molecule has 5 nitrogen and oxygen atoms in total. The molecule has 0 bridgehead atoms. The highest BCUT2D eigenvalue weighted by Gasteiger charge is 2.32. The Morgan fingerprint density at radius 1 is 0.949 bits per heavy atom. The summed E-state index contributed by atoms with van der Waals surface area (Å²) in [7, 11) is 0. The van der Waals surface area contributed by atoms with Crippen LogP contribution in [0.4, 0.5) is 0 Å². The molecule has 0 heterocycles. The Morgan fingerprint density at radius 3 is 2.38 bits per heavy atom. The Labute approximate surface area is 241 Å². The molecule has 3 aromatic rings. The van der Waals surface area contributed by atoms with Crippen molar-refractivity contribution in [2.24, 2.45) is 0 Å². The summed E-state index contributed by atoms with van der Waals surface area (Å²) in [6.07, 6.45) is 6.79. The van der Waals surface area contributed by atoms with Crippen LogP contribution in [-0.2, 0) is 29.0 Å². The van der Waals surface area contributed by atoms with E-state index >= 15 is 0 Å². The molecule has 4 rings (SSSR count). The van der Waals surface area contributed by atoms with Gasteiger partial charge in [-0.2, -0.15) is 0 Å². The number of halogens is 1. The van der Waals surface area contributed by atoms with Gasteiger partial charge in [-0.15, -0.1) is 0 Å². The molecular weight excluding hydrogens is 552 g/mol. The molecule has 0 aliphatic heterocycles. The Hall–Kier alpha value is -3.12. The van der Waals surface area contributed by atoms with Crippen molar-refractivity contribution in [3.8, 4) is 5.75 Å². The fourth-order valence-corrected chi connectivity index (χ4v) is 5.75. The van der Waals surface area contributed by atoms with Crippen molar-refractivity contribution in [3.05, 3.63) is 99.5 Å². The van der Waals surface area contributed by atoms with Crippen molar-refractivity contribution < 1.29 is 14.3 Å². The molecule has 206 valence electrons. The van der Waals surface area contributed by atoms with E-state index in [0.29, 0.717) is 18.7 Å². The first-order valence-corrected chi connectivity index (χ1v) is 14.8. The predicted octanol–water partition coefficient (Wildman–Crippen LogP) is 6.79. The number of hydrogen-bond acceptors (Lipinski definition) is 3. The van der Waals surface area contributed by atoms with Crippen molar-refractivity contribution in [2.75, 3.05) is 6.61 Å². The minimum Gasteiger partial charge on any atom is -0.483 e. The highest BCUT2D eigenvalue weighted by atomic mass is 79.9. The predicted molar refractivity (Wildman–Crippen MR) is 160 cm³/mol. The second kappa shape index (κ2) is 14.3.